The molecule has 90 valence electrons. The quantitative estimate of drug-likeness (QED) is 0.917. The van der Waals surface area contributed by atoms with Gasteiger partial charge in [0.2, 0.25) is 0 Å². The van der Waals surface area contributed by atoms with E-state index >= 15 is 0 Å². The van der Waals surface area contributed by atoms with Gasteiger partial charge in [0.15, 0.2) is 0 Å². The average molecular weight is 256 g/mol. The van der Waals surface area contributed by atoms with Crippen LogP contribution in [0.4, 0.5) is 0 Å². The molecule has 1 amide bonds. The molecule has 3 nitrogen and oxygen atoms in total. The fourth-order valence-corrected chi connectivity index (χ4v) is 2.32. The first kappa shape index (κ1) is 12.3. The number of nitriles is 1. The van der Waals surface area contributed by atoms with E-state index in [1.165, 1.54) is 0 Å². The summed E-state index contributed by atoms with van der Waals surface area (Å²) in [6.45, 7) is 1.95. The summed E-state index contributed by atoms with van der Waals surface area (Å²) in [4.78, 5) is 13.1. The third kappa shape index (κ3) is 2.76. The molecular weight excluding hydrogens is 244 g/mol. The fraction of sp³-hybridized carbons (Fsp3) is 0.143. The zero-order valence-corrected chi connectivity index (χ0v) is 10.7. The van der Waals surface area contributed by atoms with Crippen LogP contribution < -0.4 is 5.32 Å². The van der Waals surface area contributed by atoms with Gasteiger partial charge in [-0.3, -0.25) is 4.79 Å². The van der Waals surface area contributed by atoms with Crippen molar-refractivity contribution >= 4 is 17.2 Å². The lowest BCUT2D eigenvalue weighted by Gasteiger charge is -2.12. The molecule has 0 aliphatic carbocycles. The summed E-state index contributed by atoms with van der Waals surface area (Å²) in [6, 6.07) is 12.6. The number of thiophene rings is 1. The molecule has 0 bridgehead atoms. The molecule has 0 saturated heterocycles. The Bertz CT molecular complexity index is 567. The number of nitrogens with zero attached hydrogens (tertiary/aromatic N) is 1. The number of carbonyl (C=O) groups is 1. The summed E-state index contributed by atoms with van der Waals surface area (Å²) in [5.74, 6) is -0.125. The van der Waals surface area contributed by atoms with Crippen molar-refractivity contribution in [1.29, 1.82) is 5.26 Å². The van der Waals surface area contributed by atoms with Crippen molar-refractivity contribution in [2.45, 2.75) is 13.0 Å². The Morgan fingerprint density at radius 3 is 2.61 bits per heavy atom. The summed E-state index contributed by atoms with van der Waals surface area (Å²) < 4.78 is 0. The molecule has 0 fully saturated rings. The predicted molar refractivity (Wildman–Crippen MR) is 71.4 cm³/mol. The third-order valence-corrected chi connectivity index (χ3v) is 3.65. The van der Waals surface area contributed by atoms with E-state index in [0.717, 1.165) is 4.88 Å². The average Bonchev–Trinajstić information content (AvgIpc) is 2.92. The van der Waals surface area contributed by atoms with Crippen molar-refractivity contribution in [3.63, 3.8) is 0 Å². The smallest absolute Gasteiger partial charge is 0.251 e. The Hall–Kier alpha value is -2.12. The number of rotatable bonds is 3. The van der Waals surface area contributed by atoms with E-state index in [2.05, 4.69) is 5.32 Å². The van der Waals surface area contributed by atoms with Crippen molar-refractivity contribution in [2.24, 2.45) is 0 Å². The van der Waals surface area contributed by atoms with Crippen LogP contribution in [0.1, 0.15) is 33.8 Å². The normalized spacial score (nSPS) is 11.6. The van der Waals surface area contributed by atoms with E-state index in [1.807, 2.05) is 30.5 Å². The van der Waals surface area contributed by atoms with E-state index < -0.39 is 0 Å². The van der Waals surface area contributed by atoms with Gasteiger partial charge in [-0.1, -0.05) is 6.07 Å². The second-order valence-corrected chi connectivity index (χ2v) is 4.88. The van der Waals surface area contributed by atoms with E-state index in [0.29, 0.717) is 11.1 Å². The minimum absolute atomic E-state index is 0.00635. The van der Waals surface area contributed by atoms with Crippen LogP contribution in [0.3, 0.4) is 0 Å². The Morgan fingerprint density at radius 2 is 2.06 bits per heavy atom. The van der Waals surface area contributed by atoms with Gasteiger partial charge in [-0.2, -0.15) is 5.26 Å². The van der Waals surface area contributed by atoms with Crippen LogP contribution in [-0.2, 0) is 0 Å². The van der Waals surface area contributed by atoms with Crippen LogP contribution in [0.15, 0.2) is 41.8 Å². The SMILES string of the molecule is C[C@@H](NC(=O)c1ccc(C#N)cc1)c1cccs1. The summed E-state index contributed by atoms with van der Waals surface area (Å²) in [5.41, 5.74) is 1.12. The topological polar surface area (TPSA) is 52.9 Å². The van der Waals surface area contributed by atoms with Crippen LogP contribution in [0, 0.1) is 11.3 Å². The molecule has 0 aliphatic heterocycles. The number of hydrogen-bond acceptors (Lipinski definition) is 3. The minimum atomic E-state index is -0.125. The van der Waals surface area contributed by atoms with Crippen molar-refractivity contribution in [3.8, 4) is 6.07 Å². The van der Waals surface area contributed by atoms with Gasteiger partial charge in [-0.05, 0) is 42.6 Å². The lowest BCUT2D eigenvalue weighted by molar-refractivity contribution is 0.0940. The molecular formula is C14H12N2OS. The van der Waals surface area contributed by atoms with Gasteiger partial charge >= 0.3 is 0 Å². The first-order valence-corrected chi connectivity index (χ1v) is 6.43. The highest BCUT2D eigenvalue weighted by Gasteiger charge is 2.11. The standard InChI is InChI=1S/C14H12N2OS/c1-10(13-3-2-8-18-13)16-14(17)12-6-4-11(9-15)5-7-12/h2-8,10H,1H3,(H,16,17)/t10-/m1/s1. The molecule has 1 heterocycles. The zero-order chi connectivity index (χ0) is 13.0. The van der Waals surface area contributed by atoms with Crippen LogP contribution in [0.5, 0.6) is 0 Å². The number of hydrogen-bond donors (Lipinski definition) is 1. The molecule has 0 unspecified atom stereocenters. The Balaban J connectivity index is 2.05. The molecule has 4 heteroatoms. The van der Waals surface area contributed by atoms with Gasteiger partial charge in [-0.15, -0.1) is 11.3 Å². The largest absolute Gasteiger partial charge is 0.345 e. The molecule has 0 saturated carbocycles. The van der Waals surface area contributed by atoms with E-state index in [1.54, 1.807) is 35.6 Å². The second-order valence-electron chi connectivity index (χ2n) is 3.90. The molecule has 2 rings (SSSR count). The highest BCUT2D eigenvalue weighted by molar-refractivity contribution is 7.10. The molecule has 18 heavy (non-hydrogen) atoms. The zero-order valence-electron chi connectivity index (χ0n) is 9.88. The van der Waals surface area contributed by atoms with Crippen LogP contribution >= 0.6 is 11.3 Å². The molecule has 1 atom stereocenters. The monoisotopic (exact) mass is 256 g/mol. The van der Waals surface area contributed by atoms with Crippen LogP contribution in [0.2, 0.25) is 0 Å². The van der Waals surface area contributed by atoms with Crippen molar-refractivity contribution in [1.82, 2.24) is 5.32 Å². The number of carbonyl (C=O) groups excluding carboxylic acids is 1. The van der Waals surface area contributed by atoms with Crippen molar-refractivity contribution < 1.29 is 4.79 Å². The van der Waals surface area contributed by atoms with Gasteiger partial charge < -0.3 is 5.32 Å². The number of nitrogens with one attached hydrogen (secondary N) is 1. The van der Waals surface area contributed by atoms with Crippen molar-refractivity contribution in [3.05, 3.63) is 57.8 Å². The summed E-state index contributed by atoms with van der Waals surface area (Å²) in [6.07, 6.45) is 0. The van der Waals surface area contributed by atoms with Gasteiger partial charge in [0, 0.05) is 10.4 Å². The van der Waals surface area contributed by atoms with Gasteiger partial charge in [0.25, 0.3) is 5.91 Å². The first-order chi connectivity index (χ1) is 8.70. The predicted octanol–water partition coefficient (Wildman–Crippen LogP) is 3.11. The first-order valence-electron chi connectivity index (χ1n) is 5.55. The highest BCUT2D eigenvalue weighted by Crippen LogP contribution is 2.18. The van der Waals surface area contributed by atoms with E-state index in [4.69, 9.17) is 5.26 Å². The van der Waals surface area contributed by atoms with Gasteiger partial charge in [0.05, 0.1) is 17.7 Å². The van der Waals surface area contributed by atoms with E-state index in [-0.39, 0.29) is 11.9 Å². The Morgan fingerprint density at radius 1 is 1.33 bits per heavy atom. The lowest BCUT2D eigenvalue weighted by Crippen LogP contribution is -2.26. The molecule has 2 aromatic rings. The van der Waals surface area contributed by atoms with Crippen LogP contribution in [-0.4, -0.2) is 5.91 Å². The Labute approximate surface area is 110 Å². The molecule has 0 radical (unpaired) electrons. The maximum Gasteiger partial charge on any atom is 0.251 e. The number of benzene rings is 1. The molecule has 1 aromatic carbocycles. The summed E-state index contributed by atoms with van der Waals surface area (Å²) in [7, 11) is 0. The minimum Gasteiger partial charge on any atom is -0.345 e. The maximum absolute atomic E-state index is 12.0. The molecule has 0 aliphatic rings. The summed E-state index contributed by atoms with van der Waals surface area (Å²) in [5, 5.41) is 13.6. The van der Waals surface area contributed by atoms with Crippen molar-refractivity contribution in [2.75, 3.05) is 0 Å². The van der Waals surface area contributed by atoms with Gasteiger partial charge in [-0.25, -0.2) is 0 Å². The fourth-order valence-electron chi connectivity index (χ4n) is 1.58. The third-order valence-electron chi connectivity index (χ3n) is 2.59. The maximum atomic E-state index is 12.0. The number of amides is 1. The Kier molecular flexibility index (Phi) is 3.75. The summed E-state index contributed by atoms with van der Waals surface area (Å²) >= 11 is 1.62. The second kappa shape index (κ2) is 5.48. The molecule has 1 N–H and O–H groups in total. The van der Waals surface area contributed by atoms with Gasteiger partial charge in [0.1, 0.15) is 0 Å². The van der Waals surface area contributed by atoms with Crippen LogP contribution in [0.25, 0.3) is 0 Å². The molecule has 1 aromatic heterocycles. The molecule has 0 spiro atoms. The van der Waals surface area contributed by atoms with E-state index in [9.17, 15) is 4.79 Å². The lowest BCUT2D eigenvalue weighted by atomic mass is 10.1. The highest BCUT2D eigenvalue weighted by atomic mass is 32.1.